The second kappa shape index (κ2) is 6.74. The number of ketones is 1. The molecule has 98 valence electrons. The van der Waals surface area contributed by atoms with E-state index in [2.05, 4.69) is 21.9 Å². The molecule has 1 aromatic heterocycles. The Labute approximate surface area is 108 Å². The number of hydrogen-bond acceptors (Lipinski definition) is 5. The minimum atomic E-state index is 0.178. The molecule has 0 spiro atoms. The minimum Gasteiger partial charge on any atom is -0.366 e. The molecule has 5 nitrogen and oxygen atoms in total. The van der Waals surface area contributed by atoms with Crippen LogP contribution in [0.4, 0.5) is 11.6 Å². The molecule has 0 saturated carbocycles. The summed E-state index contributed by atoms with van der Waals surface area (Å²) in [5.74, 6) is 2.47. The monoisotopic (exact) mass is 248 g/mol. The summed E-state index contributed by atoms with van der Waals surface area (Å²) in [6.45, 7) is 8.41. The van der Waals surface area contributed by atoms with Gasteiger partial charge in [0.15, 0.2) is 0 Å². The summed E-state index contributed by atoms with van der Waals surface area (Å²) in [6, 6.07) is 1.87. The molecule has 0 bridgehead atoms. The van der Waals surface area contributed by atoms with Gasteiger partial charge in [-0.25, -0.2) is 9.97 Å². The fourth-order valence-corrected chi connectivity index (χ4v) is 1.45. The molecule has 0 atom stereocenters. The number of nitrogens with zero attached hydrogens (tertiary/aromatic N) is 3. The largest absolute Gasteiger partial charge is 0.366 e. The SMILES string of the molecule is C=CCNc1cc(N(C)CCC(C)=O)nc(C)n1. The Bertz CT molecular complexity index is 431. The highest BCUT2D eigenvalue weighted by molar-refractivity contribution is 5.76. The first-order chi connectivity index (χ1) is 8.52. The van der Waals surface area contributed by atoms with E-state index in [1.54, 1.807) is 13.0 Å². The quantitative estimate of drug-likeness (QED) is 0.746. The van der Waals surface area contributed by atoms with E-state index < -0.39 is 0 Å². The Morgan fingerprint density at radius 1 is 1.56 bits per heavy atom. The minimum absolute atomic E-state index is 0.178. The number of Topliss-reactive ketones (excluding diaryl/α,β-unsaturated/α-hetero) is 1. The third-order valence-corrected chi connectivity index (χ3v) is 2.44. The molecule has 1 N–H and O–H groups in total. The van der Waals surface area contributed by atoms with Crippen LogP contribution in [0.5, 0.6) is 0 Å². The van der Waals surface area contributed by atoms with Crippen molar-refractivity contribution < 1.29 is 4.79 Å². The van der Waals surface area contributed by atoms with Crippen molar-refractivity contribution in [3.05, 3.63) is 24.5 Å². The summed E-state index contributed by atoms with van der Waals surface area (Å²) in [6.07, 6.45) is 2.30. The second-order valence-electron chi connectivity index (χ2n) is 4.20. The van der Waals surface area contributed by atoms with Gasteiger partial charge in [0.1, 0.15) is 23.2 Å². The first-order valence-corrected chi connectivity index (χ1v) is 5.94. The Balaban J connectivity index is 2.77. The number of aryl methyl sites for hydroxylation is 1. The fourth-order valence-electron chi connectivity index (χ4n) is 1.45. The van der Waals surface area contributed by atoms with Crippen molar-refractivity contribution in [2.75, 3.05) is 30.4 Å². The van der Waals surface area contributed by atoms with Crippen LogP contribution in [-0.2, 0) is 4.79 Å². The van der Waals surface area contributed by atoms with E-state index in [9.17, 15) is 4.79 Å². The number of anilines is 2. The third-order valence-electron chi connectivity index (χ3n) is 2.44. The van der Waals surface area contributed by atoms with Gasteiger partial charge in [0, 0.05) is 32.6 Å². The maximum atomic E-state index is 11.0. The number of nitrogens with one attached hydrogen (secondary N) is 1. The van der Waals surface area contributed by atoms with Crippen molar-refractivity contribution in [3.63, 3.8) is 0 Å². The maximum absolute atomic E-state index is 11.0. The van der Waals surface area contributed by atoms with Crippen LogP contribution in [0.15, 0.2) is 18.7 Å². The molecule has 5 heteroatoms. The molecule has 0 fully saturated rings. The highest BCUT2D eigenvalue weighted by Gasteiger charge is 2.07. The lowest BCUT2D eigenvalue weighted by atomic mass is 10.3. The van der Waals surface area contributed by atoms with E-state index in [1.165, 1.54) is 0 Å². The van der Waals surface area contributed by atoms with E-state index in [0.29, 0.717) is 25.3 Å². The van der Waals surface area contributed by atoms with Crippen molar-refractivity contribution in [2.45, 2.75) is 20.3 Å². The predicted octanol–water partition coefficient (Wildman–Crippen LogP) is 1.80. The molecular formula is C13H20N4O. The maximum Gasteiger partial charge on any atom is 0.134 e. The van der Waals surface area contributed by atoms with Crippen LogP contribution in [-0.4, -0.2) is 35.9 Å². The molecule has 1 rings (SSSR count). The van der Waals surface area contributed by atoms with Crippen molar-refractivity contribution in [1.29, 1.82) is 0 Å². The molecule has 0 aromatic carbocycles. The van der Waals surface area contributed by atoms with Gasteiger partial charge in [-0.1, -0.05) is 6.08 Å². The van der Waals surface area contributed by atoms with E-state index in [1.807, 2.05) is 24.9 Å². The van der Waals surface area contributed by atoms with Gasteiger partial charge in [-0.05, 0) is 13.8 Å². The van der Waals surface area contributed by atoms with Crippen LogP contribution in [0.3, 0.4) is 0 Å². The summed E-state index contributed by atoms with van der Waals surface area (Å²) >= 11 is 0. The lowest BCUT2D eigenvalue weighted by molar-refractivity contribution is -0.116. The highest BCUT2D eigenvalue weighted by Crippen LogP contribution is 2.14. The predicted molar refractivity (Wildman–Crippen MR) is 74.0 cm³/mol. The van der Waals surface area contributed by atoms with Crippen LogP contribution in [0.1, 0.15) is 19.2 Å². The molecule has 1 aromatic rings. The molecule has 1 heterocycles. The molecule has 0 aliphatic rings. The Morgan fingerprint density at radius 2 is 2.28 bits per heavy atom. The number of carbonyl (C=O) groups is 1. The molecule has 0 radical (unpaired) electrons. The first kappa shape index (κ1) is 14.2. The fraction of sp³-hybridized carbons (Fsp3) is 0.462. The van der Waals surface area contributed by atoms with Crippen molar-refractivity contribution in [1.82, 2.24) is 9.97 Å². The van der Waals surface area contributed by atoms with Gasteiger partial charge in [0.2, 0.25) is 0 Å². The Morgan fingerprint density at radius 3 is 2.89 bits per heavy atom. The molecule has 0 aliphatic heterocycles. The van der Waals surface area contributed by atoms with E-state index in [4.69, 9.17) is 0 Å². The summed E-state index contributed by atoms with van der Waals surface area (Å²) in [5, 5.41) is 3.13. The first-order valence-electron chi connectivity index (χ1n) is 5.94. The van der Waals surface area contributed by atoms with E-state index in [0.717, 1.165) is 11.6 Å². The van der Waals surface area contributed by atoms with Crippen LogP contribution in [0.2, 0.25) is 0 Å². The number of rotatable bonds is 7. The molecule has 0 saturated heterocycles. The number of hydrogen-bond donors (Lipinski definition) is 1. The normalized spacial score (nSPS) is 9.94. The summed E-state index contributed by atoms with van der Waals surface area (Å²) < 4.78 is 0. The van der Waals surface area contributed by atoms with Gasteiger partial charge in [0.25, 0.3) is 0 Å². The van der Waals surface area contributed by atoms with Crippen molar-refractivity contribution in [2.24, 2.45) is 0 Å². The summed E-state index contributed by atoms with van der Waals surface area (Å²) in [4.78, 5) is 21.6. The average Bonchev–Trinajstić information content (AvgIpc) is 2.32. The van der Waals surface area contributed by atoms with Gasteiger partial charge in [0.05, 0.1) is 0 Å². The number of carbonyl (C=O) groups excluding carboxylic acids is 1. The zero-order valence-electron chi connectivity index (χ0n) is 11.2. The zero-order chi connectivity index (χ0) is 13.5. The summed E-state index contributed by atoms with van der Waals surface area (Å²) in [7, 11) is 1.92. The molecule has 0 unspecified atom stereocenters. The highest BCUT2D eigenvalue weighted by atomic mass is 16.1. The lowest BCUT2D eigenvalue weighted by Gasteiger charge is -2.18. The molecular weight excluding hydrogens is 228 g/mol. The van der Waals surface area contributed by atoms with Gasteiger partial charge in [-0.3, -0.25) is 4.79 Å². The zero-order valence-corrected chi connectivity index (χ0v) is 11.2. The average molecular weight is 248 g/mol. The van der Waals surface area contributed by atoms with Crippen molar-refractivity contribution >= 4 is 17.4 Å². The van der Waals surface area contributed by atoms with Gasteiger partial charge < -0.3 is 10.2 Å². The molecule has 0 aliphatic carbocycles. The molecule has 18 heavy (non-hydrogen) atoms. The Kier molecular flexibility index (Phi) is 5.30. The Hall–Kier alpha value is -1.91. The topological polar surface area (TPSA) is 58.1 Å². The van der Waals surface area contributed by atoms with Gasteiger partial charge >= 0.3 is 0 Å². The van der Waals surface area contributed by atoms with Crippen LogP contribution >= 0.6 is 0 Å². The third kappa shape index (κ3) is 4.53. The van der Waals surface area contributed by atoms with Gasteiger partial charge in [-0.15, -0.1) is 6.58 Å². The van der Waals surface area contributed by atoms with E-state index >= 15 is 0 Å². The van der Waals surface area contributed by atoms with Gasteiger partial charge in [-0.2, -0.15) is 0 Å². The second-order valence-corrected chi connectivity index (χ2v) is 4.20. The van der Waals surface area contributed by atoms with E-state index in [-0.39, 0.29) is 5.78 Å². The number of aromatic nitrogens is 2. The van der Waals surface area contributed by atoms with Crippen LogP contribution in [0.25, 0.3) is 0 Å². The van der Waals surface area contributed by atoms with Crippen molar-refractivity contribution in [3.8, 4) is 0 Å². The molecule has 0 amide bonds. The standard InChI is InChI=1S/C13H20N4O/c1-5-7-14-12-9-13(16-11(3)15-12)17(4)8-6-10(2)18/h5,9H,1,6-8H2,2-4H3,(H,14,15,16). The van der Waals surface area contributed by atoms with Crippen LogP contribution in [0, 0.1) is 6.92 Å². The van der Waals surface area contributed by atoms with Crippen LogP contribution < -0.4 is 10.2 Å². The summed E-state index contributed by atoms with van der Waals surface area (Å²) in [5.41, 5.74) is 0. The smallest absolute Gasteiger partial charge is 0.134 e. The lowest BCUT2D eigenvalue weighted by Crippen LogP contribution is -2.22.